The Morgan fingerprint density at radius 2 is 2.06 bits per heavy atom. The van der Waals surface area contributed by atoms with E-state index in [0.29, 0.717) is 17.0 Å². The van der Waals surface area contributed by atoms with Gasteiger partial charge in [0, 0.05) is 13.0 Å². The molecule has 1 aliphatic rings. The summed E-state index contributed by atoms with van der Waals surface area (Å²) >= 11 is 0. The van der Waals surface area contributed by atoms with Crippen molar-refractivity contribution in [3.63, 3.8) is 0 Å². The second-order valence-corrected chi connectivity index (χ2v) is 6.38. The van der Waals surface area contributed by atoms with E-state index in [-0.39, 0.29) is 48.3 Å². The van der Waals surface area contributed by atoms with Crippen LogP contribution in [-0.4, -0.2) is 38.8 Å². The number of halogens is 1. The van der Waals surface area contributed by atoms with Crippen molar-refractivity contribution in [1.82, 2.24) is 19.9 Å². The molecule has 0 radical (unpaired) electrons. The summed E-state index contributed by atoms with van der Waals surface area (Å²) < 4.78 is 20.3. The number of nitrogens with zero attached hydrogens (tertiary/aromatic N) is 3. The van der Waals surface area contributed by atoms with Crippen LogP contribution in [0, 0.1) is 5.82 Å². The van der Waals surface area contributed by atoms with Crippen LogP contribution in [0.3, 0.4) is 0 Å². The van der Waals surface area contributed by atoms with E-state index < -0.39 is 11.7 Å². The fourth-order valence-corrected chi connectivity index (χ4v) is 2.95. The van der Waals surface area contributed by atoms with Crippen LogP contribution in [0.25, 0.3) is 5.65 Å². The summed E-state index contributed by atoms with van der Waals surface area (Å²) in [4.78, 5) is 40.2. The minimum Gasteiger partial charge on any atom is -0.482 e. The number of benzene rings is 1. The molecule has 31 heavy (non-hydrogen) atoms. The third-order valence-corrected chi connectivity index (χ3v) is 4.40. The van der Waals surface area contributed by atoms with Crippen LogP contribution in [0.1, 0.15) is 53.7 Å². The molecule has 1 aromatic carbocycles. The zero-order valence-electron chi connectivity index (χ0n) is 17.4. The lowest BCUT2D eigenvalue weighted by Gasteiger charge is -2.18. The molecule has 0 saturated heterocycles. The Hall–Kier alpha value is -3.82. The number of carbonyl (C=O) groups excluding carboxylic acids is 3. The van der Waals surface area contributed by atoms with Crippen molar-refractivity contribution in [2.75, 3.05) is 11.9 Å². The molecule has 3 aromatic rings. The Morgan fingerprint density at radius 1 is 1.29 bits per heavy atom. The van der Waals surface area contributed by atoms with Gasteiger partial charge in [0.1, 0.15) is 17.1 Å². The maximum atomic E-state index is 13.9. The Kier molecular flexibility index (Phi) is 6.58. The fraction of sp³-hybridized carbons (Fsp3) is 0.286. The van der Waals surface area contributed by atoms with Crippen molar-refractivity contribution in [2.24, 2.45) is 0 Å². The molecule has 0 spiro atoms. The van der Waals surface area contributed by atoms with Gasteiger partial charge in [-0.05, 0) is 23.8 Å². The van der Waals surface area contributed by atoms with Crippen LogP contribution in [0.5, 0.6) is 5.75 Å². The van der Waals surface area contributed by atoms with Crippen molar-refractivity contribution in [1.29, 1.82) is 0 Å². The Morgan fingerprint density at radius 3 is 2.81 bits per heavy atom. The van der Waals surface area contributed by atoms with Gasteiger partial charge < -0.3 is 15.4 Å². The van der Waals surface area contributed by atoms with Gasteiger partial charge in [-0.2, -0.15) is 5.10 Å². The Bertz CT molecular complexity index is 1160. The summed E-state index contributed by atoms with van der Waals surface area (Å²) in [6.07, 6.45) is 1.12. The van der Waals surface area contributed by atoms with Gasteiger partial charge in [-0.1, -0.05) is 26.8 Å². The highest BCUT2D eigenvalue weighted by Crippen LogP contribution is 2.28. The summed E-state index contributed by atoms with van der Waals surface area (Å²) in [5, 5.41) is 9.18. The highest BCUT2D eigenvalue weighted by molar-refractivity contribution is 5.99. The van der Waals surface area contributed by atoms with E-state index in [4.69, 9.17) is 4.74 Å². The molecule has 0 atom stereocenters. The number of Topliss-reactive ketones (excluding diaryl/α,β-unsaturated/α-hetero) is 1. The van der Waals surface area contributed by atoms with Gasteiger partial charge in [0.15, 0.2) is 23.9 Å². The van der Waals surface area contributed by atoms with Crippen molar-refractivity contribution < 1.29 is 23.5 Å². The quantitative estimate of drug-likeness (QED) is 0.605. The van der Waals surface area contributed by atoms with Crippen LogP contribution >= 0.6 is 0 Å². The number of hydrogen-bond donors (Lipinski definition) is 2. The molecule has 162 valence electrons. The fourth-order valence-electron chi connectivity index (χ4n) is 2.95. The number of ether oxygens (including phenoxy) is 1. The first kappa shape index (κ1) is 21.9. The van der Waals surface area contributed by atoms with Gasteiger partial charge in [0.25, 0.3) is 11.8 Å². The maximum absolute atomic E-state index is 13.9. The molecule has 2 aromatic heterocycles. The molecular formula is C21H22FN5O4. The van der Waals surface area contributed by atoms with Gasteiger partial charge in [-0.3, -0.25) is 14.4 Å². The van der Waals surface area contributed by atoms with E-state index in [9.17, 15) is 18.8 Å². The third-order valence-electron chi connectivity index (χ3n) is 4.40. The van der Waals surface area contributed by atoms with E-state index in [1.807, 2.05) is 13.8 Å². The van der Waals surface area contributed by atoms with E-state index >= 15 is 0 Å². The van der Waals surface area contributed by atoms with Gasteiger partial charge in [0.2, 0.25) is 0 Å². The predicted molar refractivity (Wildman–Crippen MR) is 111 cm³/mol. The lowest BCUT2D eigenvalue weighted by Crippen LogP contribution is -2.27. The molecule has 0 fully saturated rings. The number of ketones is 1. The lowest BCUT2D eigenvalue weighted by molar-refractivity contribution is -0.118. The van der Waals surface area contributed by atoms with E-state index in [0.717, 1.165) is 10.7 Å². The number of hydrogen-bond acceptors (Lipinski definition) is 6. The highest BCUT2D eigenvalue weighted by Gasteiger charge is 2.20. The number of amides is 2. The Labute approximate surface area is 177 Å². The number of rotatable bonds is 5. The first-order valence-electron chi connectivity index (χ1n) is 9.87. The smallest absolute Gasteiger partial charge is 0.270 e. The predicted octanol–water partition coefficient (Wildman–Crippen LogP) is 2.75. The van der Waals surface area contributed by atoms with Crippen LogP contribution in [0.15, 0.2) is 30.5 Å². The molecule has 0 unspecified atom stereocenters. The zero-order chi connectivity index (χ0) is 22.5. The van der Waals surface area contributed by atoms with Crippen LogP contribution < -0.4 is 15.4 Å². The number of fused-ring (bicyclic) bond motifs is 2. The van der Waals surface area contributed by atoms with Crippen molar-refractivity contribution in [2.45, 2.75) is 33.7 Å². The average molecular weight is 427 g/mol. The van der Waals surface area contributed by atoms with Crippen molar-refractivity contribution in [3.05, 3.63) is 53.2 Å². The number of anilines is 1. The standard InChI is InChI=1S/C19H16FN5O4.C2H6/c1-2-15(26)14-6-13(24-18-11(20)8-22-25(14)18)19(28)21-7-10-3-4-16-12(5-10)23-17(27)9-29-16;1-2/h3-6,8H,2,7,9H2,1H3,(H,21,28)(H,23,27);1-2H3. The molecule has 0 saturated carbocycles. The molecule has 3 heterocycles. The summed E-state index contributed by atoms with van der Waals surface area (Å²) in [6, 6.07) is 6.42. The lowest BCUT2D eigenvalue weighted by atomic mass is 10.1. The van der Waals surface area contributed by atoms with E-state index in [1.54, 1.807) is 25.1 Å². The molecule has 0 aliphatic carbocycles. The van der Waals surface area contributed by atoms with Crippen LogP contribution in [0.2, 0.25) is 0 Å². The summed E-state index contributed by atoms with van der Waals surface area (Å²) in [6.45, 7) is 5.75. The topological polar surface area (TPSA) is 115 Å². The van der Waals surface area contributed by atoms with Crippen LogP contribution in [-0.2, 0) is 11.3 Å². The molecular weight excluding hydrogens is 405 g/mol. The van der Waals surface area contributed by atoms with Crippen LogP contribution in [0.4, 0.5) is 10.1 Å². The van der Waals surface area contributed by atoms with Gasteiger partial charge in [0.05, 0.1) is 11.9 Å². The van der Waals surface area contributed by atoms with Gasteiger partial charge >= 0.3 is 0 Å². The minimum atomic E-state index is -0.727. The molecule has 2 amide bonds. The van der Waals surface area contributed by atoms with Gasteiger partial charge in [-0.15, -0.1) is 0 Å². The third kappa shape index (κ3) is 4.52. The SMILES string of the molecule is CC.CCC(=O)c1cc(C(=O)NCc2ccc3c(c2)NC(=O)CO3)nc2c(F)cnn12. The minimum absolute atomic E-state index is 0.0405. The Balaban J connectivity index is 0.00000132. The summed E-state index contributed by atoms with van der Waals surface area (Å²) in [5.74, 6) is -1.30. The highest BCUT2D eigenvalue weighted by atomic mass is 19.1. The largest absolute Gasteiger partial charge is 0.482 e. The van der Waals surface area contributed by atoms with E-state index in [2.05, 4.69) is 20.7 Å². The first-order chi connectivity index (χ1) is 15.0. The second kappa shape index (κ2) is 9.33. The first-order valence-corrected chi connectivity index (χ1v) is 9.87. The van der Waals surface area contributed by atoms with Gasteiger partial charge in [-0.25, -0.2) is 13.9 Å². The van der Waals surface area contributed by atoms with E-state index in [1.165, 1.54) is 6.07 Å². The molecule has 9 nitrogen and oxygen atoms in total. The monoisotopic (exact) mass is 427 g/mol. The summed E-state index contributed by atoms with van der Waals surface area (Å²) in [7, 11) is 0. The molecule has 10 heteroatoms. The molecule has 1 aliphatic heterocycles. The second-order valence-electron chi connectivity index (χ2n) is 6.38. The van der Waals surface area contributed by atoms with Crippen molar-refractivity contribution >= 4 is 28.9 Å². The summed E-state index contributed by atoms with van der Waals surface area (Å²) in [5.41, 5.74) is 1.03. The number of carbonyl (C=O) groups is 3. The normalized spacial score (nSPS) is 12.2. The zero-order valence-corrected chi connectivity index (χ0v) is 17.4. The van der Waals surface area contributed by atoms with Crippen molar-refractivity contribution in [3.8, 4) is 5.75 Å². The maximum Gasteiger partial charge on any atom is 0.270 e. The molecule has 2 N–H and O–H groups in total. The number of nitrogens with one attached hydrogen (secondary N) is 2. The number of aromatic nitrogens is 3. The molecule has 0 bridgehead atoms. The average Bonchev–Trinajstić information content (AvgIpc) is 3.18. The molecule has 4 rings (SSSR count).